The number of nitrogens with one attached hydrogen (secondary N) is 1. The molecule has 1 aliphatic rings. The molecule has 20 heavy (non-hydrogen) atoms. The van der Waals surface area contributed by atoms with Gasteiger partial charge in [0.1, 0.15) is 0 Å². The van der Waals surface area contributed by atoms with Crippen molar-refractivity contribution in [1.29, 1.82) is 0 Å². The lowest BCUT2D eigenvalue weighted by Gasteiger charge is -2.36. The number of anilines is 1. The summed E-state index contributed by atoms with van der Waals surface area (Å²) in [6, 6.07) is 1.17. The Bertz CT molecular complexity index is 396. The van der Waals surface area contributed by atoms with Gasteiger partial charge in [-0.3, -0.25) is 0 Å². The van der Waals surface area contributed by atoms with Crippen molar-refractivity contribution in [2.45, 2.75) is 52.2 Å². The Morgan fingerprint density at radius 3 is 2.75 bits per heavy atom. The van der Waals surface area contributed by atoms with E-state index in [0.29, 0.717) is 12.1 Å². The van der Waals surface area contributed by atoms with E-state index < -0.39 is 0 Å². The Morgan fingerprint density at radius 1 is 1.45 bits per heavy atom. The van der Waals surface area contributed by atoms with Crippen LogP contribution in [-0.4, -0.2) is 48.6 Å². The van der Waals surface area contributed by atoms with E-state index in [1.54, 1.807) is 0 Å². The van der Waals surface area contributed by atoms with Gasteiger partial charge >= 0.3 is 0 Å². The second kappa shape index (κ2) is 7.38. The van der Waals surface area contributed by atoms with Crippen molar-refractivity contribution in [2.75, 3.05) is 31.6 Å². The Labute approximate surface area is 127 Å². The summed E-state index contributed by atoms with van der Waals surface area (Å²) >= 11 is 1.82. The number of thiazole rings is 1. The third-order valence-electron chi connectivity index (χ3n) is 4.08. The second-order valence-corrected chi connectivity index (χ2v) is 7.01. The zero-order chi connectivity index (χ0) is 14.5. The van der Waals surface area contributed by atoms with E-state index in [1.165, 1.54) is 42.5 Å². The standard InChI is InChI=1S/C15H28N4S/c1-5-19-8-6-13(7-9-19)18(4)15-17-11-14(20-15)10-16-12(2)3/h11-13,16H,5-10H2,1-4H3. The smallest absolute Gasteiger partial charge is 0.185 e. The summed E-state index contributed by atoms with van der Waals surface area (Å²) in [5.41, 5.74) is 0. The van der Waals surface area contributed by atoms with Crippen LogP contribution in [0.3, 0.4) is 0 Å². The summed E-state index contributed by atoms with van der Waals surface area (Å²) < 4.78 is 0. The Hall–Kier alpha value is -0.650. The van der Waals surface area contributed by atoms with Gasteiger partial charge in [0.05, 0.1) is 0 Å². The Balaban J connectivity index is 1.87. The number of nitrogens with zero attached hydrogens (tertiary/aromatic N) is 3. The zero-order valence-electron chi connectivity index (χ0n) is 13.2. The quantitative estimate of drug-likeness (QED) is 0.874. The van der Waals surface area contributed by atoms with Crippen LogP contribution in [0, 0.1) is 0 Å². The van der Waals surface area contributed by atoms with Crippen LogP contribution in [0.25, 0.3) is 0 Å². The van der Waals surface area contributed by atoms with Crippen LogP contribution in [0.5, 0.6) is 0 Å². The van der Waals surface area contributed by atoms with Crippen molar-refractivity contribution in [1.82, 2.24) is 15.2 Å². The Kier molecular flexibility index (Phi) is 5.81. The number of aromatic nitrogens is 1. The van der Waals surface area contributed by atoms with E-state index in [-0.39, 0.29) is 0 Å². The summed E-state index contributed by atoms with van der Waals surface area (Å²) in [5.74, 6) is 0. The van der Waals surface area contributed by atoms with Crippen molar-refractivity contribution in [3.8, 4) is 0 Å². The summed E-state index contributed by atoms with van der Waals surface area (Å²) in [6.45, 7) is 11.2. The highest BCUT2D eigenvalue weighted by molar-refractivity contribution is 7.15. The van der Waals surface area contributed by atoms with Gasteiger partial charge in [0.25, 0.3) is 0 Å². The van der Waals surface area contributed by atoms with Crippen LogP contribution in [0.15, 0.2) is 6.20 Å². The molecule has 1 aliphatic heterocycles. The molecule has 0 saturated carbocycles. The monoisotopic (exact) mass is 296 g/mol. The number of rotatable bonds is 6. The number of piperidine rings is 1. The van der Waals surface area contributed by atoms with E-state index in [2.05, 4.69) is 47.9 Å². The van der Waals surface area contributed by atoms with Gasteiger partial charge < -0.3 is 15.1 Å². The van der Waals surface area contributed by atoms with Crippen molar-refractivity contribution in [3.05, 3.63) is 11.1 Å². The average molecular weight is 296 g/mol. The summed E-state index contributed by atoms with van der Waals surface area (Å²) in [5, 5.41) is 4.62. The first kappa shape index (κ1) is 15.7. The lowest BCUT2D eigenvalue weighted by Crippen LogP contribution is -2.43. The molecule has 0 aliphatic carbocycles. The summed E-state index contributed by atoms with van der Waals surface area (Å²) in [7, 11) is 2.20. The largest absolute Gasteiger partial charge is 0.348 e. The van der Waals surface area contributed by atoms with E-state index in [0.717, 1.165) is 6.54 Å². The minimum absolute atomic E-state index is 0.525. The number of hydrogen-bond acceptors (Lipinski definition) is 5. The zero-order valence-corrected chi connectivity index (χ0v) is 14.0. The minimum atomic E-state index is 0.525. The molecular formula is C15H28N4S. The predicted octanol–water partition coefficient (Wildman–Crippen LogP) is 2.56. The fraction of sp³-hybridized carbons (Fsp3) is 0.800. The topological polar surface area (TPSA) is 31.4 Å². The highest BCUT2D eigenvalue weighted by atomic mass is 32.1. The molecule has 0 aromatic carbocycles. The molecule has 0 spiro atoms. The molecule has 2 heterocycles. The molecule has 0 bridgehead atoms. The lowest BCUT2D eigenvalue weighted by atomic mass is 10.0. The third-order valence-corrected chi connectivity index (χ3v) is 5.17. The van der Waals surface area contributed by atoms with E-state index >= 15 is 0 Å². The van der Waals surface area contributed by atoms with Gasteiger partial charge in [-0.2, -0.15) is 0 Å². The van der Waals surface area contributed by atoms with Gasteiger partial charge in [-0.15, -0.1) is 11.3 Å². The highest BCUT2D eigenvalue weighted by Gasteiger charge is 2.23. The third kappa shape index (κ3) is 4.17. The maximum absolute atomic E-state index is 4.60. The molecule has 4 nitrogen and oxygen atoms in total. The molecule has 114 valence electrons. The molecule has 0 atom stereocenters. The number of likely N-dealkylation sites (tertiary alicyclic amines) is 1. The maximum Gasteiger partial charge on any atom is 0.185 e. The fourth-order valence-electron chi connectivity index (χ4n) is 2.63. The van der Waals surface area contributed by atoms with Gasteiger partial charge in [-0.1, -0.05) is 20.8 Å². The first-order valence-electron chi connectivity index (χ1n) is 7.73. The molecule has 0 amide bonds. The van der Waals surface area contributed by atoms with Gasteiger partial charge in [-0.05, 0) is 19.4 Å². The average Bonchev–Trinajstić information content (AvgIpc) is 2.93. The summed E-state index contributed by atoms with van der Waals surface area (Å²) in [4.78, 5) is 10.8. The van der Waals surface area contributed by atoms with Crippen molar-refractivity contribution in [2.24, 2.45) is 0 Å². The molecule has 1 N–H and O–H groups in total. The summed E-state index contributed by atoms with van der Waals surface area (Å²) in [6.07, 6.45) is 4.53. The van der Waals surface area contributed by atoms with Crippen LogP contribution in [0.1, 0.15) is 38.5 Å². The molecule has 1 fully saturated rings. The number of hydrogen-bond donors (Lipinski definition) is 1. The van der Waals surface area contributed by atoms with E-state index in [4.69, 9.17) is 0 Å². The molecule has 0 radical (unpaired) electrons. The molecule has 0 unspecified atom stereocenters. The van der Waals surface area contributed by atoms with Crippen LogP contribution >= 0.6 is 11.3 Å². The van der Waals surface area contributed by atoms with Gasteiger partial charge in [0, 0.05) is 49.8 Å². The molecular weight excluding hydrogens is 268 g/mol. The second-order valence-electron chi connectivity index (χ2n) is 5.92. The van der Waals surface area contributed by atoms with Crippen LogP contribution in [0.2, 0.25) is 0 Å². The fourth-order valence-corrected chi connectivity index (χ4v) is 3.52. The maximum atomic E-state index is 4.60. The molecule has 1 aromatic heterocycles. The molecule has 1 aromatic rings. The highest BCUT2D eigenvalue weighted by Crippen LogP contribution is 2.26. The van der Waals surface area contributed by atoms with Gasteiger partial charge in [-0.25, -0.2) is 4.98 Å². The molecule has 5 heteroatoms. The molecule has 2 rings (SSSR count). The first-order valence-corrected chi connectivity index (χ1v) is 8.55. The van der Waals surface area contributed by atoms with Gasteiger partial charge in [0.2, 0.25) is 0 Å². The first-order chi connectivity index (χ1) is 9.60. The minimum Gasteiger partial charge on any atom is -0.348 e. The van der Waals surface area contributed by atoms with Crippen LogP contribution in [0.4, 0.5) is 5.13 Å². The van der Waals surface area contributed by atoms with Crippen LogP contribution < -0.4 is 10.2 Å². The Morgan fingerprint density at radius 2 is 2.15 bits per heavy atom. The van der Waals surface area contributed by atoms with E-state index in [9.17, 15) is 0 Å². The van der Waals surface area contributed by atoms with Crippen LogP contribution in [-0.2, 0) is 6.54 Å². The van der Waals surface area contributed by atoms with Gasteiger partial charge in [0.15, 0.2) is 5.13 Å². The van der Waals surface area contributed by atoms with E-state index in [1.807, 2.05) is 17.5 Å². The SMILES string of the molecule is CCN1CCC(N(C)c2ncc(CNC(C)C)s2)CC1. The lowest BCUT2D eigenvalue weighted by molar-refractivity contribution is 0.221. The predicted molar refractivity (Wildman–Crippen MR) is 87.6 cm³/mol. The van der Waals surface area contributed by atoms with Crippen molar-refractivity contribution in [3.63, 3.8) is 0 Å². The van der Waals surface area contributed by atoms with Crippen molar-refractivity contribution >= 4 is 16.5 Å². The van der Waals surface area contributed by atoms with Crippen molar-refractivity contribution < 1.29 is 0 Å². The normalized spacial score (nSPS) is 17.9. The molecule has 1 saturated heterocycles.